The lowest BCUT2D eigenvalue weighted by molar-refractivity contribution is 0.274. The first-order valence-corrected chi connectivity index (χ1v) is 4.86. The lowest BCUT2D eigenvalue weighted by Crippen LogP contribution is -2.15. The molecule has 15 heavy (non-hydrogen) atoms. The van der Waals surface area contributed by atoms with Gasteiger partial charge in [-0.2, -0.15) is 0 Å². The van der Waals surface area contributed by atoms with E-state index in [-0.39, 0.29) is 31.0 Å². The van der Waals surface area contributed by atoms with Gasteiger partial charge in [-0.25, -0.2) is 8.78 Å². The minimum Gasteiger partial charge on any atom is -0.396 e. The number of aliphatic hydroxyl groups excluding tert-OH is 1. The highest BCUT2D eigenvalue weighted by Crippen LogP contribution is 2.24. The first-order chi connectivity index (χ1) is 6.56. The molecule has 0 aromatic heterocycles. The van der Waals surface area contributed by atoms with Crippen LogP contribution >= 0.6 is 28.3 Å². The Balaban J connectivity index is 0.00000196. The van der Waals surface area contributed by atoms with Gasteiger partial charge < -0.3 is 10.8 Å². The number of halogens is 4. The van der Waals surface area contributed by atoms with E-state index in [0.717, 1.165) is 12.1 Å². The maximum Gasteiger partial charge on any atom is 0.132 e. The average molecular weight is 303 g/mol. The van der Waals surface area contributed by atoms with E-state index in [9.17, 15) is 8.78 Å². The topological polar surface area (TPSA) is 46.2 Å². The second-order valence-electron chi connectivity index (χ2n) is 2.90. The van der Waals surface area contributed by atoms with E-state index in [4.69, 9.17) is 10.8 Å². The molecule has 0 aliphatic rings. The van der Waals surface area contributed by atoms with Crippen LogP contribution < -0.4 is 5.73 Å². The quantitative estimate of drug-likeness (QED) is 0.901. The van der Waals surface area contributed by atoms with E-state index in [0.29, 0.717) is 4.47 Å². The van der Waals surface area contributed by atoms with Gasteiger partial charge in [0.05, 0.1) is 0 Å². The molecule has 3 N–H and O–H groups in total. The summed E-state index contributed by atoms with van der Waals surface area (Å²) in [5.74, 6) is -1.39. The molecule has 2 nitrogen and oxygen atoms in total. The molecule has 1 rings (SSSR count). The van der Waals surface area contributed by atoms with E-state index in [1.807, 2.05) is 0 Å². The van der Waals surface area contributed by atoms with E-state index in [2.05, 4.69) is 15.9 Å². The zero-order chi connectivity index (χ0) is 10.7. The molecule has 0 radical (unpaired) electrons. The molecule has 86 valence electrons. The number of hydrogen-bond donors (Lipinski definition) is 2. The summed E-state index contributed by atoms with van der Waals surface area (Å²) in [6, 6.07) is 1.48. The summed E-state index contributed by atoms with van der Waals surface area (Å²) in [7, 11) is 0. The Morgan fingerprint density at radius 3 is 2.20 bits per heavy atom. The van der Waals surface area contributed by atoms with E-state index >= 15 is 0 Å². The number of nitrogens with two attached hydrogens (primary N) is 1. The minimum absolute atomic E-state index is 0. The summed E-state index contributed by atoms with van der Waals surface area (Å²) in [5.41, 5.74) is 5.32. The fraction of sp³-hybridized carbons (Fsp3) is 0.333. The van der Waals surface area contributed by atoms with Crippen LogP contribution in [0.2, 0.25) is 0 Å². The number of hydrogen-bond acceptors (Lipinski definition) is 2. The molecule has 0 amide bonds. The molecule has 0 aliphatic heterocycles. The molecular weight excluding hydrogens is 291 g/mol. The van der Waals surface area contributed by atoms with Crippen LogP contribution in [0.4, 0.5) is 8.78 Å². The Morgan fingerprint density at radius 1 is 1.33 bits per heavy atom. The van der Waals surface area contributed by atoms with Crippen LogP contribution in [-0.4, -0.2) is 11.7 Å². The van der Waals surface area contributed by atoms with Crippen LogP contribution in [0.5, 0.6) is 0 Å². The highest BCUT2D eigenvalue weighted by atomic mass is 79.9. The molecule has 0 aliphatic carbocycles. The van der Waals surface area contributed by atoms with Crippen LogP contribution in [0.1, 0.15) is 18.0 Å². The Hall–Kier alpha value is -0.230. The Labute approximate surface area is 101 Å². The van der Waals surface area contributed by atoms with Gasteiger partial charge in [-0.3, -0.25) is 0 Å². The fourth-order valence-corrected chi connectivity index (χ4v) is 1.59. The largest absolute Gasteiger partial charge is 0.396 e. The summed E-state index contributed by atoms with van der Waals surface area (Å²) in [6.45, 7) is -0.198. The molecule has 0 saturated heterocycles. The first-order valence-electron chi connectivity index (χ1n) is 4.07. The maximum absolute atomic E-state index is 13.3. The van der Waals surface area contributed by atoms with Gasteiger partial charge in [0.15, 0.2) is 0 Å². The zero-order valence-corrected chi connectivity index (χ0v) is 10.1. The molecule has 1 atom stereocenters. The molecule has 0 spiro atoms. The third kappa shape index (κ3) is 3.68. The Morgan fingerprint density at radius 2 is 1.80 bits per heavy atom. The SMILES string of the molecule is Cl.N[C@H](CCO)c1c(F)cc(Br)cc1F. The van der Waals surface area contributed by atoms with Gasteiger partial charge in [-0.05, 0) is 18.6 Å². The van der Waals surface area contributed by atoms with E-state index in [1.54, 1.807) is 0 Å². The van der Waals surface area contributed by atoms with Crippen molar-refractivity contribution in [3.63, 3.8) is 0 Å². The van der Waals surface area contributed by atoms with Crippen LogP contribution in [-0.2, 0) is 0 Å². The summed E-state index contributed by atoms with van der Waals surface area (Å²) in [6.07, 6.45) is 0.134. The zero-order valence-electron chi connectivity index (χ0n) is 7.71. The van der Waals surface area contributed by atoms with Gasteiger partial charge in [-0.15, -0.1) is 12.4 Å². The molecule has 1 aromatic carbocycles. The third-order valence-electron chi connectivity index (χ3n) is 1.85. The summed E-state index contributed by atoms with van der Waals surface area (Å²) >= 11 is 2.97. The molecule has 0 heterocycles. The Bertz CT molecular complexity index is 315. The van der Waals surface area contributed by atoms with Crippen molar-refractivity contribution in [1.82, 2.24) is 0 Å². The standard InChI is InChI=1S/C9H10BrF2NO.ClH/c10-5-3-6(11)9(7(12)4-5)8(13)1-2-14;/h3-4,8,14H,1-2,13H2;1H/t8-;/m1./s1. The van der Waals surface area contributed by atoms with Crippen molar-refractivity contribution in [2.75, 3.05) is 6.61 Å². The van der Waals surface area contributed by atoms with Gasteiger partial charge in [0.1, 0.15) is 11.6 Å². The van der Waals surface area contributed by atoms with Crippen molar-refractivity contribution in [3.8, 4) is 0 Å². The van der Waals surface area contributed by atoms with Gasteiger partial charge >= 0.3 is 0 Å². The predicted octanol–water partition coefficient (Wildman–Crippen LogP) is 2.53. The number of rotatable bonds is 3. The monoisotopic (exact) mass is 301 g/mol. The minimum atomic E-state index is -0.812. The van der Waals surface area contributed by atoms with E-state index in [1.165, 1.54) is 0 Å². The van der Waals surface area contributed by atoms with Crippen LogP contribution in [0, 0.1) is 11.6 Å². The summed E-state index contributed by atoms with van der Waals surface area (Å²) in [5, 5.41) is 8.60. The molecule has 0 saturated carbocycles. The van der Waals surface area contributed by atoms with Crippen molar-refractivity contribution < 1.29 is 13.9 Å². The lowest BCUT2D eigenvalue weighted by Gasteiger charge is -2.12. The first kappa shape index (κ1) is 14.8. The molecule has 0 bridgehead atoms. The molecular formula is C9H11BrClF2NO. The maximum atomic E-state index is 13.3. The van der Waals surface area contributed by atoms with Crippen LogP contribution in [0.15, 0.2) is 16.6 Å². The fourth-order valence-electron chi connectivity index (χ4n) is 1.19. The van der Waals surface area contributed by atoms with Crippen molar-refractivity contribution in [1.29, 1.82) is 0 Å². The van der Waals surface area contributed by atoms with Gasteiger partial charge in [0.25, 0.3) is 0 Å². The highest BCUT2D eigenvalue weighted by Gasteiger charge is 2.16. The number of aliphatic hydroxyl groups is 1. The molecule has 0 unspecified atom stereocenters. The summed E-state index contributed by atoms with van der Waals surface area (Å²) < 4.78 is 26.8. The third-order valence-corrected chi connectivity index (χ3v) is 2.31. The van der Waals surface area contributed by atoms with Crippen molar-refractivity contribution in [3.05, 3.63) is 33.8 Å². The highest BCUT2D eigenvalue weighted by molar-refractivity contribution is 9.10. The number of benzene rings is 1. The lowest BCUT2D eigenvalue weighted by atomic mass is 10.0. The van der Waals surface area contributed by atoms with Gasteiger partial charge in [0.2, 0.25) is 0 Å². The van der Waals surface area contributed by atoms with Crippen LogP contribution in [0.25, 0.3) is 0 Å². The normalized spacial score (nSPS) is 12.1. The average Bonchev–Trinajstić information content (AvgIpc) is 2.01. The second kappa shape index (κ2) is 6.37. The molecule has 0 fully saturated rings. The van der Waals surface area contributed by atoms with Crippen molar-refractivity contribution in [2.24, 2.45) is 5.73 Å². The predicted molar refractivity (Wildman–Crippen MR) is 59.9 cm³/mol. The van der Waals surface area contributed by atoms with Crippen molar-refractivity contribution in [2.45, 2.75) is 12.5 Å². The summed E-state index contributed by atoms with van der Waals surface area (Å²) in [4.78, 5) is 0. The van der Waals surface area contributed by atoms with E-state index < -0.39 is 17.7 Å². The Kier molecular flexibility index (Phi) is 6.28. The van der Waals surface area contributed by atoms with Gasteiger partial charge in [-0.1, -0.05) is 15.9 Å². The molecule has 6 heteroatoms. The van der Waals surface area contributed by atoms with Gasteiger partial charge in [0, 0.05) is 22.7 Å². The smallest absolute Gasteiger partial charge is 0.132 e. The second-order valence-corrected chi connectivity index (χ2v) is 3.82. The van der Waals surface area contributed by atoms with Crippen LogP contribution in [0.3, 0.4) is 0 Å². The van der Waals surface area contributed by atoms with Crippen molar-refractivity contribution >= 4 is 28.3 Å². The molecule has 1 aromatic rings.